The largest absolute Gasteiger partial charge is 0.444 e. The average Bonchev–Trinajstić information content (AvgIpc) is 2.71. The number of carbonyl (C=O) groups excluding carboxylic acids is 1. The van der Waals surface area contributed by atoms with Gasteiger partial charge in [0.15, 0.2) is 0 Å². The standard InChI is InChI=1S/C15H19BrN2O2/c1-15(2,3)20-14(19)17-8-7-10-9-18-12-6-4-5-11(16)13(10)12/h4-6,9,18H,7-8H2,1-3H3,(H,17,19). The van der Waals surface area contributed by atoms with E-state index in [1.165, 1.54) is 10.9 Å². The summed E-state index contributed by atoms with van der Waals surface area (Å²) in [6, 6.07) is 6.04. The van der Waals surface area contributed by atoms with E-state index in [4.69, 9.17) is 4.74 Å². The van der Waals surface area contributed by atoms with Crippen LogP contribution >= 0.6 is 15.9 Å². The van der Waals surface area contributed by atoms with Crippen LogP contribution in [0, 0.1) is 0 Å². The number of halogens is 1. The van der Waals surface area contributed by atoms with Crippen molar-refractivity contribution >= 4 is 32.9 Å². The van der Waals surface area contributed by atoms with Gasteiger partial charge in [-0.2, -0.15) is 0 Å². The summed E-state index contributed by atoms with van der Waals surface area (Å²) in [6.45, 7) is 6.10. The first-order valence-electron chi connectivity index (χ1n) is 6.58. The molecule has 0 saturated carbocycles. The van der Waals surface area contributed by atoms with Gasteiger partial charge in [-0.25, -0.2) is 4.79 Å². The number of nitrogens with one attached hydrogen (secondary N) is 2. The first kappa shape index (κ1) is 14.9. The third-order valence-electron chi connectivity index (χ3n) is 2.80. The van der Waals surface area contributed by atoms with E-state index in [1.807, 2.05) is 45.2 Å². The first-order chi connectivity index (χ1) is 9.37. The SMILES string of the molecule is CC(C)(C)OC(=O)NCCc1c[nH]c2cccc(Br)c12. The molecule has 0 radical (unpaired) electrons. The molecule has 2 aromatic rings. The molecule has 0 bridgehead atoms. The number of rotatable bonds is 3. The Balaban J connectivity index is 1.95. The summed E-state index contributed by atoms with van der Waals surface area (Å²) in [5, 5.41) is 3.94. The van der Waals surface area contributed by atoms with Gasteiger partial charge in [0.1, 0.15) is 5.60 Å². The van der Waals surface area contributed by atoms with Crippen LogP contribution in [0.4, 0.5) is 4.79 Å². The summed E-state index contributed by atoms with van der Waals surface area (Å²) in [5.74, 6) is 0. The summed E-state index contributed by atoms with van der Waals surface area (Å²) < 4.78 is 6.26. The van der Waals surface area contributed by atoms with Crippen molar-refractivity contribution in [2.75, 3.05) is 6.54 Å². The highest BCUT2D eigenvalue weighted by atomic mass is 79.9. The number of amides is 1. The van der Waals surface area contributed by atoms with E-state index in [0.29, 0.717) is 6.54 Å². The fraction of sp³-hybridized carbons (Fsp3) is 0.400. The summed E-state index contributed by atoms with van der Waals surface area (Å²) in [4.78, 5) is 14.8. The van der Waals surface area contributed by atoms with Crippen molar-refractivity contribution in [3.63, 3.8) is 0 Å². The van der Waals surface area contributed by atoms with Gasteiger partial charge in [-0.3, -0.25) is 0 Å². The fourth-order valence-electron chi connectivity index (χ4n) is 2.02. The maximum Gasteiger partial charge on any atom is 0.407 e. The van der Waals surface area contributed by atoms with Gasteiger partial charge in [-0.15, -0.1) is 0 Å². The highest BCUT2D eigenvalue weighted by Crippen LogP contribution is 2.26. The predicted octanol–water partition coefficient (Wildman–Crippen LogP) is 4.00. The Morgan fingerprint density at radius 3 is 2.85 bits per heavy atom. The van der Waals surface area contributed by atoms with Crippen molar-refractivity contribution in [1.29, 1.82) is 0 Å². The second kappa shape index (κ2) is 5.87. The number of aromatic nitrogens is 1. The molecule has 0 saturated heterocycles. The van der Waals surface area contributed by atoms with Gasteiger partial charge in [-0.1, -0.05) is 22.0 Å². The molecule has 1 aromatic carbocycles. The number of fused-ring (bicyclic) bond motifs is 1. The van der Waals surface area contributed by atoms with Gasteiger partial charge in [0, 0.05) is 28.1 Å². The average molecular weight is 339 g/mol. The Morgan fingerprint density at radius 1 is 1.40 bits per heavy atom. The van der Waals surface area contributed by atoms with Crippen LogP contribution in [-0.2, 0) is 11.2 Å². The van der Waals surface area contributed by atoms with Gasteiger partial charge in [0.2, 0.25) is 0 Å². The molecule has 1 amide bonds. The maximum absolute atomic E-state index is 11.6. The molecule has 0 aliphatic carbocycles. The van der Waals surface area contributed by atoms with Crippen molar-refractivity contribution in [1.82, 2.24) is 10.3 Å². The van der Waals surface area contributed by atoms with Crippen LogP contribution in [0.3, 0.4) is 0 Å². The van der Waals surface area contributed by atoms with Gasteiger partial charge < -0.3 is 15.0 Å². The third-order valence-corrected chi connectivity index (χ3v) is 3.46. The molecule has 2 rings (SSSR count). The molecule has 20 heavy (non-hydrogen) atoms. The van der Waals surface area contributed by atoms with Crippen LogP contribution in [0.15, 0.2) is 28.9 Å². The van der Waals surface area contributed by atoms with Gasteiger partial charge in [0.25, 0.3) is 0 Å². The third kappa shape index (κ3) is 3.76. The molecule has 4 nitrogen and oxygen atoms in total. The zero-order valence-electron chi connectivity index (χ0n) is 11.9. The fourth-order valence-corrected chi connectivity index (χ4v) is 2.64. The van der Waals surface area contributed by atoms with Crippen LogP contribution < -0.4 is 5.32 Å². The normalized spacial score (nSPS) is 11.6. The number of benzene rings is 1. The van der Waals surface area contributed by atoms with Crippen molar-refractivity contribution in [3.05, 3.63) is 34.4 Å². The van der Waals surface area contributed by atoms with E-state index in [1.54, 1.807) is 0 Å². The van der Waals surface area contributed by atoms with Gasteiger partial charge >= 0.3 is 6.09 Å². The molecule has 0 spiro atoms. The smallest absolute Gasteiger partial charge is 0.407 e. The number of hydrogen-bond donors (Lipinski definition) is 2. The monoisotopic (exact) mass is 338 g/mol. The van der Waals surface area contributed by atoms with E-state index < -0.39 is 5.60 Å². The number of ether oxygens (including phenoxy) is 1. The number of aromatic amines is 1. The number of H-pyrrole nitrogens is 1. The number of hydrogen-bond acceptors (Lipinski definition) is 2. The lowest BCUT2D eigenvalue weighted by molar-refractivity contribution is 0.0528. The minimum absolute atomic E-state index is 0.378. The summed E-state index contributed by atoms with van der Waals surface area (Å²) >= 11 is 3.56. The second-order valence-electron chi connectivity index (χ2n) is 5.65. The van der Waals surface area contributed by atoms with E-state index in [0.717, 1.165) is 16.4 Å². The van der Waals surface area contributed by atoms with Crippen LogP contribution in [0.2, 0.25) is 0 Å². The zero-order chi connectivity index (χ0) is 14.8. The maximum atomic E-state index is 11.6. The van der Waals surface area contributed by atoms with E-state index >= 15 is 0 Å². The number of alkyl carbamates (subject to hydrolysis) is 1. The summed E-state index contributed by atoms with van der Waals surface area (Å²) in [6.07, 6.45) is 2.35. The Morgan fingerprint density at radius 2 is 2.15 bits per heavy atom. The first-order valence-corrected chi connectivity index (χ1v) is 7.37. The van der Waals surface area contributed by atoms with Crippen molar-refractivity contribution in [2.24, 2.45) is 0 Å². The lowest BCUT2D eigenvalue weighted by atomic mass is 10.1. The Hall–Kier alpha value is -1.49. The molecule has 0 aliphatic heterocycles. The van der Waals surface area contributed by atoms with Crippen LogP contribution in [0.5, 0.6) is 0 Å². The molecule has 5 heteroatoms. The molecule has 108 valence electrons. The predicted molar refractivity (Wildman–Crippen MR) is 83.9 cm³/mol. The Bertz CT molecular complexity index is 614. The zero-order valence-corrected chi connectivity index (χ0v) is 13.5. The minimum Gasteiger partial charge on any atom is -0.444 e. The molecule has 0 unspecified atom stereocenters. The second-order valence-corrected chi connectivity index (χ2v) is 6.51. The van der Waals surface area contributed by atoms with E-state index in [-0.39, 0.29) is 6.09 Å². The van der Waals surface area contributed by atoms with Gasteiger partial charge in [-0.05, 0) is 44.9 Å². The minimum atomic E-state index is -0.464. The number of carbonyl (C=O) groups is 1. The summed E-state index contributed by atoms with van der Waals surface area (Å²) in [5.41, 5.74) is 1.80. The van der Waals surface area contributed by atoms with Crippen molar-refractivity contribution in [2.45, 2.75) is 32.8 Å². The Kier molecular flexibility index (Phi) is 4.38. The molecule has 0 fully saturated rings. The molecule has 0 atom stereocenters. The molecule has 2 N–H and O–H groups in total. The molecular formula is C15H19BrN2O2. The molecule has 1 aromatic heterocycles. The van der Waals surface area contributed by atoms with Crippen molar-refractivity contribution in [3.8, 4) is 0 Å². The Labute approximate surface area is 127 Å². The van der Waals surface area contributed by atoms with Gasteiger partial charge in [0.05, 0.1) is 0 Å². The lowest BCUT2D eigenvalue weighted by Crippen LogP contribution is -2.33. The van der Waals surface area contributed by atoms with Crippen LogP contribution in [0.1, 0.15) is 26.3 Å². The summed E-state index contributed by atoms with van der Waals surface area (Å²) in [7, 11) is 0. The van der Waals surface area contributed by atoms with Crippen LogP contribution in [-0.4, -0.2) is 23.2 Å². The highest BCUT2D eigenvalue weighted by Gasteiger charge is 2.15. The van der Waals surface area contributed by atoms with E-state index in [2.05, 4.69) is 26.2 Å². The molecule has 0 aliphatic rings. The lowest BCUT2D eigenvalue weighted by Gasteiger charge is -2.19. The highest BCUT2D eigenvalue weighted by molar-refractivity contribution is 9.10. The quantitative estimate of drug-likeness (QED) is 0.888. The van der Waals surface area contributed by atoms with E-state index in [9.17, 15) is 4.79 Å². The van der Waals surface area contributed by atoms with Crippen LogP contribution in [0.25, 0.3) is 10.9 Å². The molecule has 1 heterocycles. The topological polar surface area (TPSA) is 54.1 Å². The van der Waals surface area contributed by atoms with Crippen molar-refractivity contribution < 1.29 is 9.53 Å². The molecular weight excluding hydrogens is 320 g/mol.